The summed E-state index contributed by atoms with van der Waals surface area (Å²) in [4.78, 5) is 0. The number of rotatable bonds is 1. The lowest BCUT2D eigenvalue weighted by molar-refractivity contribution is 0.341. The number of nitrogens with zero attached hydrogens (tertiary/aromatic N) is 3. The number of hydrogen-bond acceptors (Lipinski definition) is 3. The molecule has 1 aliphatic rings. The third kappa shape index (κ3) is 1.56. The molecule has 1 aromatic rings. The first kappa shape index (κ1) is 8.27. The van der Waals surface area contributed by atoms with E-state index < -0.39 is 0 Å². The second-order valence-electron chi connectivity index (χ2n) is 3.25. The molecule has 1 N–H and O–H groups in total. The molecule has 0 bridgehead atoms. The number of piperidine rings is 1. The first-order chi connectivity index (χ1) is 6.42. The molecule has 4 nitrogen and oxygen atoms in total. The lowest BCUT2D eigenvalue weighted by atomic mass is 10.1. The molecule has 1 aliphatic heterocycles. The predicted molar refractivity (Wildman–Crippen MR) is 48.1 cm³/mol. The molecule has 4 heteroatoms. The van der Waals surface area contributed by atoms with Crippen LogP contribution in [-0.4, -0.2) is 22.9 Å². The van der Waals surface area contributed by atoms with Crippen molar-refractivity contribution < 1.29 is 0 Å². The van der Waals surface area contributed by atoms with Crippen molar-refractivity contribution in [3.05, 3.63) is 18.0 Å². The molecule has 0 spiro atoms. The number of aromatic nitrogens is 2. The number of nitriles is 1. The Bertz CT molecular complexity index is 317. The molecular formula is C9H12N4. The zero-order valence-electron chi connectivity index (χ0n) is 7.40. The zero-order valence-corrected chi connectivity index (χ0v) is 7.40. The van der Waals surface area contributed by atoms with Gasteiger partial charge in [0.05, 0.1) is 12.2 Å². The van der Waals surface area contributed by atoms with Crippen molar-refractivity contribution in [1.29, 1.82) is 5.26 Å². The lowest BCUT2D eigenvalue weighted by Crippen LogP contribution is -2.30. The summed E-state index contributed by atoms with van der Waals surface area (Å²) in [6, 6.07) is 4.33. The van der Waals surface area contributed by atoms with Crippen LogP contribution in [-0.2, 0) is 0 Å². The predicted octanol–water partition coefficient (Wildman–Crippen LogP) is 0.679. The van der Waals surface area contributed by atoms with Crippen molar-refractivity contribution in [3.8, 4) is 6.07 Å². The normalized spacial score (nSPS) is 18.4. The van der Waals surface area contributed by atoms with Crippen molar-refractivity contribution in [2.75, 3.05) is 13.1 Å². The smallest absolute Gasteiger partial charge is 0.138 e. The highest BCUT2D eigenvalue weighted by molar-refractivity contribution is 5.19. The quantitative estimate of drug-likeness (QED) is 0.684. The second-order valence-corrected chi connectivity index (χ2v) is 3.25. The Morgan fingerprint density at radius 2 is 2.31 bits per heavy atom. The van der Waals surface area contributed by atoms with E-state index in [1.165, 1.54) is 0 Å². The molecule has 0 amide bonds. The van der Waals surface area contributed by atoms with Gasteiger partial charge in [0.1, 0.15) is 11.8 Å². The van der Waals surface area contributed by atoms with E-state index in [9.17, 15) is 0 Å². The van der Waals surface area contributed by atoms with Gasteiger partial charge in [-0.2, -0.15) is 10.4 Å². The Balaban J connectivity index is 2.19. The number of nitrogens with one attached hydrogen (secondary N) is 1. The van der Waals surface area contributed by atoms with Crippen LogP contribution in [0.15, 0.2) is 12.3 Å². The molecule has 68 valence electrons. The fourth-order valence-electron chi connectivity index (χ4n) is 1.75. The molecule has 1 aromatic heterocycles. The van der Waals surface area contributed by atoms with Crippen molar-refractivity contribution in [2.24, 2.45) is 0 Å². The van der Waals surface area contributed by atoms with E-state index in [0.717, 1.165) is 25.9 Å². The largest absolute Gasteiger partial charge is 0.317 e. The van der Waals surface area contributed by atoms with E-state index in [-0.39, 0.29) is 0 Å². The van der Waals surface area contributed by atoms with E-state index in [2.05, 4.69) is 16.5 Å². The van der Waals surface area contributed by atoms with Gasteiger partial charge in [-0.05, 0) is 32.0 Å². The summed E-state index contributed by atoms with van der Waals surface area (Å²) in [7, 11) is 0. The van der Waals surface area contributed by atoms with E-state index in [1.54, 1.807) is 12.3 Å². The van der Waals surface area contributed by atoms with Gasteiger partial charge in [-0.25, -0.2) is 0 Å². The molecule has 0 aromatic carbocycles. The monoisotopic (exact) mass is 176 g/mol. The molecule has 0 saturated carbocycles. The summed E-state index contributed by atoms with van der Waals surface area (Å²) in [6.07, 6.45) is 3.83. The van der Waals surface area contributed by atoms with Gasteiger partial charge >= 0.3 is 0 Å². The van der Waals surface area contributed by atoms with Gasteiger partial charge in [0.2, 0.25) is 0 Å². The third-order valence-corrected chi connectivity index (χ3v) is 2.44. The summed E-state index contributed by atoms with van der Waals surface area (Å²) >= 11 is 0. The SMILES string of the molecule is N#Cc1ccnn1C1CCNCC1. The summed E-state index contributed by atoms with van der Waals surface area (Å²) in [6.45, 7) is 2.05. The minimum atomic E-state index is 0.408. The molecule has 0 radical (unpaired) electrons. The van der Waals surface area contributed by atoms with Crippen LogP contribution in [0.1, 0.15) is 24.6 Å². The second kappa shape index (κ2) is 3.58. The van der Waals surface area contributed by atoms with E-state index in [0.29, 0.717) is 11.7 Å². The molecule has 1 saturated heterocycles. The van der Waals surface area contributed by atoms with Crippen molar-refractivity contribution in [2.45, 2.75) is 18.9 Å². The zero-order chi connectivity index (χ0) is 9.10. The number of hydrogen-bond donors (Lipinski definition) is 1. The molecule has 13 heavy (non-hydrogen) atoms. The maximum atomic E-state index is 8.81. The molecule has 0 aliphatic carbocycles. The Kier molecular flexibility index (Phi) is 2.28. The highest BCUT2D eigenvalue weighted by atomic mass is 15.3. The van der Waals surface area contributed by atoms with Crippen LogP contribution < -0.4 is 5.32 Å². The lowest BCUT2D eigenvalue weighted by Gasteiger charge is -2.23. The van der Waals surface area contributed by atoms with Gasteiger partial charge in [0.15, 0.2) is 0 Å². The van der Waals surface area contributed by atoms with Crippen LogP contribution in [0.3, 0.4) is 0 Å². The summed E-state index contributed by atoms with van der Waals surface area (Å²) in [5.41, 5.74) is 0.673. The first-order valence-corrected chi connectivity index (χ1v) is 4.56. The molecule has 1 fully saturated rings. The van der Waals surface area contributed by atoms with E-state index in [4.69, 9.17) is 5.26 Å². The first-order valence-electron chi connectivity index (χ1n) is 4.56. The average Bonchev–Trinajstić information content (AvgIpc) is 2.67. The maximum absolute atomic E-state index is 8.81. The molecule has 0 unspecified atom stereocenters. The van der Waals surface area contributed by atoms with Crippen LogP contribution in [0.25, 0.3) is 0 Å². The highest BCUT2D eigenvalue weighted by Crippen LogP contribution is 2.18. The fourth-order valence-corrected chi connectivity index (χ4v) is 1.75. The maximum Gasteiger partial charge on any atom is 0.138 e. The minimum absolute atomic E-state index is 0.408. The van der Waals surface area contributed by atoms with Crippen molar-refractivity contribution in [1.82, 2.24) is 15.1 Å². The molecule has 0 atom stereocenters. The Hall–Kier alpha value is -1.34. The topological polar surface area (TPSA) is 53.6 Å². The Labute approximate surface area is 77.2 Å². The Morgan fingerprint density at radius 3 is 3.00 bits per heavy atom. The van der Waals surface area contributed by atoms with Gasteiger partial charge in [-0.1, -0.05) is 0 Å². The van der Waals surface area contributed by atoms with Gasteiger partial charge in [0, 0.05) is 0 Å². The van der Waals surface area contributed by atoms with Crippen LogP contribution >= 0.6 is 0 Å². The fraction of sp³-hybridized carbons (Fsp3) is 0.556. The standard InChI is InChI=1S/C9H12N4/c10-7-9-3-6-12-13(9)8-1-4-11-5-2-8/h3,6,8,11H,1-2,4-5H2. The van der Waals surface area contributed by atoms with Crippen molar-refractivity contribution >= 4 is 0 Å². The third-order valence-electron chi connectivity index (χ3n) is 2.44. The summed E-state index contributed by atoms with van der Waals surface area (Å²) in [5, 5.41) is 16.3. The van der Waals surface area contributed by atoms with Crippen LogP contribution in [0, 0.1) is 11.3 Å². The Morgan fingerprint density at radius 1 is 1.54 bits per heavy atom. The minimum Gasteiger partial charge on any atom is -0.317 e. The van der Waals surface area contributed by atoms with Gasteiger partial charge in [-0.3, -0.25) is 4.68 Å². The van der Waals surface area contributed by atoms with Gasteiger partial charge in [-0.15, -0.1) is 0 Å². The average molecular weight is 176 g/mol. The van der Waals surface area contributed by atoms with Gasteiger partial charge in [0.25, 0.3) is 0 Å². The highest BCUT2D eigenvalue weighted by Gasteiger charge is 2.17. The molecule has 2 heterocycles. The molecule has 2 rings (SSSR count). The van der Waals surface area contributed by atoms with Gasteiger partial charge < -0.3 is 5.32 Å². The summed E-state index contributed by atoms with van der Waals surface area (Å²) < 4.78 is 1.85. The van der Waals surface area contributed by atoms with E-state index in [1.807, 2.05) is 4.68 Å². The summed E-state index contributed by atoms with van der Waals surface area (Å²) in [5.74, 6) is 0. The molecular weight excluding hydrogens is 164 g/mol. The van der Waals surface area contributed by atoms with Crippen LogP contribution in [0.4, 0.5) is 0 Å². The van der Waals surface area contributed by atoms with E-state index >= 15 is 0 Å². The van der Waals surface area contributed by atoms with Crippen LogP contribution in [0.5, 0.6) is 0 Å². The van der Waals surface area contributed by atoms with Crippen molar-refractivity contribution in [3.63, 3.8) is 0 Å². The van der Waals surface area contributed by atoms with Crippen LogP contribution in [0.2, 0.25) is 0 Å².